The Morgan fingerprint density at radius 3 is 2.00 bits per heavy atom. The first kappa shape index (κ1) is 8.65. The molecule has 8 heavy (non-hydrogen) atoms. The van der Waals surface area contributed by atoms with Crippen molar-refractivity contribution in [2.24, 2.45) is 11.7 Å². The monoisotopic (exact) mass is 294 g/mol. The Labute approximate surface area is 65.3 Å². The summed E-state index contributed by atoms with van der Waals surface area (Å²) in [5.41, 5.74) is 5.43. The molecule has 48 valence electrons. The summed E-state index contributed by atoms with van der Waals surface area (Å²) in [7, 11) is 0. The van der Waals surface area contributed by atoms with Crippen LogP contribution < -0.4 is 5.73 Å². The van der Waals surface area contributed by atoms with Gasteiger partial charge in [-0.2, -0.15) is 0 Å². The van der Waals surface area contributed by atoms with Crippen molar-refractivity contribution in [2.45, 2.75) is 25.7 Å². The number of hydrogen-bond donors (Lipinski definition) is 1. The molecule has 0 aromatic rings. The molecule has 0 radical (unpaired) electrons. The van der Waals surface area contributed by atoms with Crippen molar-refractivity contribution in [2.75, 3.05) is 6.54 Å². The maximum Gasteiger partial charge on any atom is 4.00 e. The molecule has 0 spiro atoms. The first-order valence-electron chi connectivity index (χ1n) is 3.13. The van der Waals surface area contributed by atoms with Crippen LogP contribution in [0.15, 0.2) is 0 Å². The van der Waals surface area contributed by atoms with E-state index < -0.39 is 0 Å². The Balaban J connectivity index is 0.000000490. The minimum atomic E-state index is 0. The third-order valence-corrected chi connectivity index (χ3v) is 1.81. The quantitative estimate of drug-likeness (QED) is 0.771. The first-order chi connectivity index (χ1) is 3.43. The maximum absolute atomic E-state index is 5.43. The molecule has 2 N–H and O–H groups in total. The molecule has 1 saturated carbocycles. The van der Waals surface area contributed by atoms with Crippen LogP contribution in [-0.2, 0) is 21.1 Å². The van der Waals surface area contributed by atoms with Gasteiger partial charge in [0.05, 0.1) is 0 Å². The van der Waals surface area contributed by atoms with Gasteiger partial charge in [0.1, 0.15) is 0 Å². The molecule has 0 bridgehead atoms. The molecular formula is C6H13NPt+4. The average molecular weight is 294 g/mol. The molecule has 1 aliphatic carbocycles. The van der Waals surface area contributed by atoms with Gasteiger partial charge < -0.3 is 5.73 Å². The summed E-state index contributed by atoms with van der Waals surface area (Å²) >= 11 is 0. The molecular weight excluding hydrogens is 281 g/mol. The molecule has 0 aromatic heterocycles. The van der Waals surface area contributed by atoms with Crippen molar-refractivity contribution < 1.29 is 21.1 Å². The Kier molecular flexibility index (Phi) is 4.89. The summed E-state index contributed by atoms with van der Waals surface area (Å²) in [5, 5.41) is 0. The van der Waals surface area contributed by atoms with E-state index in [1.165, 1.54) is 25.7 Å². The van der Waals surface area contributed by atoms with Gasteiger partial charge in [0, 0.05) is 0 Å². The van der Waals surface area contributed by atoms with E-state index in [1.807, 2.05) is 0 Å². The van der Waals surface area contributed by atoms with E-state index in [9.17, 15) is 0 Å². The van der Waals surface area contributed by atoms with Crippen molar-refractivity contribution in [1.29, 1.82) is 0 Å². The topological polar surface area (TPSA) is 26.0 Å². The van der Waals surface area contributed by atoms with Gasteiger partial charge in [-0.1, -0.05) is 12.8 Å². The molecule has 1 rings (SSSR count). The van der Waals surface area contributed by atoms with Crippen LogP contribution in [0.25, 0.3) is 0 Å². The molecule has 0 amide bonds. The predicted octanol–water partition coefficient (Wildman–Crippen LogP) is 1.13. The molecule has 0 aliphatic heterocycles. The molecule has 0 atom stereocenters. The van der Waals surface area contributed by atoms with E-state index in [0.717, 1.165) is 12.5 Å². The normalized spacial score (nSPS) is 20.6. The third-order valence-electron chi connectivity index (χ3n) is 1.81. The maximum atomic E-state index is 5.43. The fourth-order valence-corrected chi connectivity index (χ4v) is 1.25. The molecule has 2 heteroatoms. The van der Waals surface area contributed by atoms with Crippen molar-refractivity contribution in [1.82, 2.24) is 0 Å². The van der Waals surface area contributed by atoms with Gasteiger partial charge >= 0.3 is 21.1 Å². The standard InChI is InChI=1S/C6H13N.Pt/c7-5-6-3-1-2-4-6;/h6H,1-5,7H2;/q;+4. The number of rotatable bonds is 1. The second-order valence-corrected chi connectivity index (χ2v) is 2.39. The fraction of sp³-hybridized carbons (Fsp3) is 1.00. The van der Waals surface area contributed by atoms with Crippen LogP contribution in [-0.4, -0.2) is 6.54 Å². The molecule has 0 heterocycles. The van der Waals surface area contributed by atoms with Crippen LogP contribution in [0.2, 0.25) is 0 Å². The molecule has 0 unspecified atom stereocenters. The average Bonchev–Trinajstić information content (AvgIpc) is 2.14. The smallest absolute Gasteiger partial charge is 0.330 e. The zero-order valence-corrected chi connectivity index (χ0v) is 7.28. The van der Waals surface area contributed by atoms with Crippen LogP contribution in [0.5, 0.6) is 0 Å². The van der Waals surface area contributed by atoms with Crippen LogP contribution in [0.1, 0.15) is 25.7 Å². The zero-order chi connectivity index (χ0) is 5.11. The Hall–Kier alpha value is 0.648. The van der Waals surface area contributed by atoms with Crippen LogP contribution >= 0.6 is 0 Å². The predicted molar refractivity (Wildman–Crippen MR) is 31.0 cm³/mol. The summed E-state index contributed by atoms with van der Waals surface area (Å²) in [5.74, 6) is 0.875. The van der Waals surface area contributed by atoms with Crippen molar-refractivity contribution in [3.05, 3.63) is 0 Å². The second-order valence-electron chi connectivity index (χ2n) is 2.39. The summed E-state index contributed by atoms with van der Waals surface area (Å²) in [6.07, 6.45) is 5.61. The molecule has 0 saturated heterocycles. The van der Waals surface area contributed by atoms with E-state index in [1.54, 1.807) is 0 Å². The SMILES string of the molecule is NCC1CCCC1.[Pt+4]. The Morgan fingerprint density at radius 1 is 1.25 bits per heavy atom. The van der Waals surface area contributed by atoms with Gasteiger partial charge in [0.15, 0.2) is 0 Å². The summed E-state index contributed by atoms with van der Waals surface area (Å²) < 4.78 is 0. The Morgan fingerprint density at radius 2 is 1.75 bits per heavy atom. The molecule has 0 aromatic carbocycles. The van der Waals surface area contributed by atoms with Crippen LogP contribution in [0, 0.1) is 5.92 Å². The second kappa shape index (κ2) is 4.52. The van der Waals surface area contributed by atoms with E-state index in [-0.39, 0.29) is 21.1 Å². The number of nitrogens with two attached hydrogens (primary N) is 1. The first-order valence-corrected chi connectivity index (χ1v) is 3.13. The summed E-state index contributed by atoms with van der Waals surface area (Å²) in [6.45, 7) is 0.917. The van der Waals surface area contributed by atoms with E-state index in [2.05, 4.69) is 0 Å². The minimum Gasteiger partial charge on any atom is -0.330 e. The van der Waals surface area contributed by atoms with Gasteiger partial charge in [-0.05, 0) is 25.3 Å². The fourth-order valence-electron chi connectivity index (χ4n) is 1.25. The number of hydrogen-bond acceptors (Lipinski definition) is 1. The summed E-state index contributed by atoms with van der Waals surface area (Å²) in [6, 6.07) is 0. The van der Waals surface area contributed by atoms with Gasteiger partial charge in [0.2, 0.25) is 0 Å². The van der Waals surface area contributed by atoms with Gasteiger partial charge in [-0.25, -0.2) is 0 Å². The third kappa shape index (κ3) is 2.28. The Bertz CT molecular complexity index is 50.5. The van der Waals surface area contributed by atoms with Crippen LogP contribution in [0.3, 0.4) is 0 Å². The van der Waals surface area contributed by atoms with Gasteiger partial charge in [-0.15, -0.1) is 0 Å². The van der Waals surface area contributed by atoms with Gasteiger partial charge in [0.25, 0.3) is 0 Å². The van der Waals surface area contributed by atoms with E-state index in [0.29, 0.717) is 0 Å². The van der Waals surface area contributed by atoms with Crippen molar-refractivity contribution in [3.63, 3.8) is 0 Å². The molecule has 1 nitrogen and oxygen atoms in total. The van der Waals surface area contributed by atoms with Crippen molar-refractivity contribution >= 4 is 0 Å². The van der Waals surface area contributed by atoms with E-state index >= 15 is 0 Å². The van der Waals surface area contributed by atoms with Crippen LogP contribution in [0.4, 0.5) is 0 Å². The van der Waals surface area contributed by atoms with E-state index in [4.69, 9.17) is 5.73 Å². The molecule has 1 aliphatic rings. The van der Waals surface area contributed by atoms with Crippen molar-refractivity contribution in [3.8, 4) is 0 Å². The minimum absolute atomic E-state index is 0. The summed E-state index contributed by atoms with van der Waals surface area (Å²) in [4.78, 5) is 0. The zero-order valence-electron chi connectivity index (χ0n) is 5.01. The van der Waals surface area contributed by atoms with Gasteiger partial charge in [-0.3, -0.25) is 0 Å². The molecule has 1 fully saturated rings. The largest absolute Gasteiger partial charge is 4.00 e.